The highest BCUT2D eigenvalue weighted by Crippen LogP contribution is 2.55. The lowest BCUT2D eigenvalue weighted by atomic mass is 9.64. The summed E-state index contributed by atoms with van der Waals surface area (Å²) in [4.78, 5) is 42.7. The van der Waals surface area contributed by atoms with Gasteiger partial charge in [-0.3, -0.25) is 14.4 Å². The van der Waals surface area contributed by atoms with Crippen LogP contribution < -0.4 is 9.64 Å². The van der Waals surface area contributed by atoms with Crippen LogP contribution >= 0.6 is 11.6 Å². The molecule has 4 atom stereocenters. The van der Waals surface area contributed by atoms with Gasteiger partial charge in [0.25, 0.3) is 0 Å². The predicted octanol–water partition coefficient (Wildman–Crippen LogP) is 6.02. The topological polar surface area (TPSA) is 63.7 Å². The maximum atomic E-state index is 14.0. The molecule has 6 heteroatoms. The predicted molar refractivity (Wildman–Crippen MR) is 141 cm³/mol. The Kier molecular flexibility index (Phi) is 4.85. The first kappa shape index (κ1) is 22.0. The maximum absolute atomic E-state index is 14.0. The molecule has 4 aromatic carbocycles. The van der Waals surface area contributed by atoms with Crippen LogP contribution in [0.4, 0.5) is 5.69 Å². The molecule has 37 heavy (non-hydrogen) atoms. The van der Waals surface area contributed by atoms with Crippen molar-refractivity contribution in [1.29, 1.82) is 0 Å². The molecule has 5 nitrogen and oxygen atoms in total. The molecule has 1 fully saturated rings. The van der Waals surface area contributed by atoms with E-state index in [1.807, 2.05) is 66.7 Å². The summed E-state index contributed by atoms with van der Waals surface area (Å²) in [6, 6.07) is 27.9. The number of hydrogen-bond acceptors (Lipinski definition) is 4. The number of ether oxygens (including phenoxy) is 1. The Hall–Kier alpha value is -4.22. The van der Waals surface area contributed by atoms with Crippen molar-refractivity contribution in [3.63, 3.8) is 0 Å². The van der Waals surface area contributed by atoms with E-state index in [9.17, 15) is 14.4 Å². The molecule has 1 aliphatic carbocycles. The van der Waals surface area contributed by atoms with Crippen molar-refractivity contribution in [2.75, 3.05) is 4.90 Å². The fourth-order valence-corrected chi connectivity index (χ4v) is 6.30. The van der Waals surface area contributed by atoms with Crippen LogP contribution in [0.5, 0.6) is 5.75 Å². The van der Waals surface area contributed by atoms with E-state index in [-0.39, 0.29) is 11.8 Å². The van der Waals surface area contributed by atoms with Crippen molar-refractivity contribution in [2.45, 2.75) is 5.92 Å². The van der Waals surface area contributed by atoms with Gasteiger partial charge in [-0.15, -0.1) is 0 Å². The highest BCUT2D eigenvalue weighted by atomic mass is 35.5. The average Bonchev–Trinajstić information content (AvgIpc) is 3.19. The maximum Gasteiger partial charge on any atom is 0.319 e. The lowest BCUT2D eigenvalue weighted by Crippen LogP contribution is -2.42. The highest BCUT2D eigenvalue weighted by Gasteiger charge is 2.60. The molecule has 0 spiro atoms. The molecule has 180 valence electrons. The number of esters is 1. The summed E-state index contributed by atoms with van der Waals surface area (Å²) in [5.74, 6) is -3.62. The quantitative estimate of drug-likeness (QED) is 0.190. The second-order valence-corrected chi connectivity index (χ2v) is 10.1. The summed E-state index contributed by atoms with van der Waals surface area (Å²) in [5.41, 5.74) is 2.92. The SMILES string of the molecule is O=C1Oc2ccc3ccccc3c2C2=C[C@H](c3ccccc3)[C@@H]3C(=O)N(c4ccc(Cl)cc4)C(=O)[C@@H]3[C@H]12. The van der Waals surface area contributed by atoms with Crippen LogP contribution in [-0.4, -0.2) is 17.8 Å². The van der Waals surface area contributed by atoms with Crippen LogP contribution in [0.1, 0.15) is 17.0 Å². The van der Waals surface area contributed by atoms with Gasteiger partial charge in [0.05, 0.1) is 23.4 Å². The Morgan fingerprint density at radius 1 is 0.730 bits per heavy atom. The Morgan fingerprint density at radius 2 is 1.43 bits per heavy atom. The molecule has 0 N–H and O–H groups in total. The summed E-state index contributed by atoms with van der Waals surface area (Å²) in [6.07, 6.45) is 2.02. The Balaban J connectivity index is 1.47. The monoisotopic (exact) mass is 505 g/mol. The molecule has 7 rings (SSSR count). The first-order chi connectivity index (χ1) is 18.0. The molecule has 0 bridgehead atoms. The number of carbonyl (C=O) groups is 3. The van der Waals surface area contributed by atoms with Crippen molar-refractivity contribution >= 4 is 51.4 Å². The minimum absolute atomic E-state index is 0.321. The van der Waals surface area contributed by atoms with Gasteiger partial charge in [-0.1, -0.05) is 78.3 Å². The molecule has 0 radical (unpaired) electrons. The van der Waals surface area contributed by atoms with Crippen LogP contribution in [0.15, 0.2) is 97.1 Å². The number of halogens is 1. The summed E-state index contributed by atoms with van der Waals surface area (Å²) >= 11 is 6.06. The van der Waals surface area contributed by atoms with E-state index in [1.54, 1.807) is 30.3 Å². The van der Waals surface area contributed by atoms with Crippen molar-refractivity contribution < 1.29 is 19.1 Å². The summed E-state index contributed by atoms with van der Waals surface area (Å²) in [5, 5.41) is 2.46. The van der Waals surface area contributed by atoms with Gasteiger partial charge < -0.3 is 4.74 Å². The van der Waals surface area contributed by atoms with E-state index < -0.39 is 29.6 Å². The van der Waals surface area contributed by atoms with Crippen molar-refractivity contribution in [1.82, 2.24) is 0 Å². The number of carbonyl (C=O) groups excluding carboxylic acids is 3. The Labute approximate surface area is 217 Å². The van der Waals surface area contributed by atoms with Crippen molar-refractivity contribution in [2.24, 2.45) is 17.8 Å². The van der Waals surface area contributed by atoms with Crippen LogP contribution in [0.3, 0.4) is 0 Å². The fraction of sp³-hybridized carbons (Fsp3) is 0.129. The second kappa shape index (κ2) is 8.15. The van der Waals surface area contributed by atoms with E-state index in [1.165, 1.54) is 4.90 Å². The molecule has 2 heterocycles. The number of amides is 2. The molecule has 0 saturated carbocycles. The first-order valence-electron chi connectivity index (χ1n) is 12.2. The zero-order valence-electron chi connectivity index (χ0n) is 19.5. The van der Waals surface area contributed by atoms with Crippen LogP contribution in [0.2, 0.25) is 5.02 Å². The molecular weight excluding hydrogens is 486 g/mol. The van der Waals surface area contributed by atoms with Gasteiger partial charge in [0.1, 0.15) is 5.75 Å². The molecule has 1 saturated heterocycles. The van der Waals surface area contributed by atoms with Gasteiger partial charge in [-0.25, -0.2) is 4.90 Å². The van der Waals surface area contributed by atoms with E-state index in [0.29, 0.717) is 16.5 Å². The largest absolute Gasteiger partial charge is 0.425 e. The van der Waals surface area contributed by atoms with Gasteiger partial charge >= 0.3 is 5.97 Å². The summed E-state index contributed by atoms with van der Waals surface area (Å²) < 4.78 is 5.82. The number of anilines is 1. The van der Waals surface area contributed by atoms with E-state index in [2.05, 4.69) is 0 Å². The number of hydrogen-bond donors (Lipinski definition) is 0. The number of nitrogens with zero attached hydrogens (tertiary/aromatic N) is 1. The molecular formula is C31H20ClNO4. The fourth-order valence-electron chi connectivity index (χ4n) is 6.18. The van der Waals surface area contributed by atoms with Crippen molar-refractivity contribution in [3.8, 4) is 5.75 Å². The normalized spacial score (nSPS) is 24.3. The third kappa shape index (κ3) is 3.20. The van der Waals surface area contributed by atoms with Crippen molar-refractivity contribution in [3.05, 3.63) is 113 Å². The van der Waals surface area contributed by atoms with Crippen LogP contribution in [0.25, 0.3) is 16.3 Å². The third-order valence-corrected chi connectivity index (χ3v) is 8.00. The number of allylic oxidation sites excluding steroid dienone is 1. The smallest absolute Gasteiger partial charge is 0.319 e. The highest BCUT2D eigenvalue weighted by molar-refractivity contribution is 6.31. The minimum Gasteiger partial charge on any atom is -0.425 e. The molecule has 4 aromatic rings. The van der Waals surface area contributed by atoms with E-state index in [0.717, 1.165) is 27.5 Å². The second-order valence-electron chi connectivity index (χ2n) is 9.66. The molecule has 3 aliphatic rings. The van der Waals surface area contributed by atoms with E-state index >= 15 is 0 Å². The van der Waals surface area contributed by atoms with Gasteiger partial charge in [-0.2, -0.15) is 0 Å². The lowest BCUT2D eigenvalue weighted by molar-refractivity contribution is -0.142. The minimum atomic E-state index is -0.881. The third-order valence-electron chi connectivity index (χ3n) is 7.75. The molecule has 0 unspecified atom stereocenters. The number of rotatable bonds is 2. The number of imide groups is 1. The van der Waals surface area contributed by atoms with E-state index in [4.69, 9.17) is 16.3 Å². The summed E-state index contributed by atoms with van der Waals surface area (Å²) in [7, 11) is 0. The van der Waals surface area contributed by atoms with Gasteiger partial charge in [0.2, 0.25) is 11.8 Å². The Bertz CT molecular complexity index is 1640. The van der Waals surface area contributed by atoms with Gasteiger partial charge in [0.15, 0.2) is 0 Å². The number of fused-ring (bicyclic) bond motifs is 7. The van der Waals surface area contributed by atoms with Crippen LogP contribution in [0, 0.1) is 17.8 Å². The van der Waals surface area contributed by atoms with Gasteiger partial charge in [0, 0.05) is 16.5 Å². The average molecular weight is 506 g/mol. The van der Waals surface area contributed by atoms with Gasteiger partial charge in [-0.05, 0) is 52.2 Å². The summed E-state index contributed by atoms with van der Waals surface area (Å²) in [6.45, 7) is 0. The zero-order chi connectivity index (χ0) is 25.3. The standard InChI is InChI=1S/C31H20ClNO4/c32-19-11-13-20(14-12-19)33-29(34)26-22(17-6-2-1-3-7-17)16-23-25-21-9-5-4-8-18(21)10-15-24(25)37-31(36)27(23)28(26)30(33)35/h1-16,22,26-28H/t22-,26+,27-,28+/m1/s1. The Morgan fingerprint density at radius 3 is 2.22 bits per heavy atom. The first-order valence-corrected chi connectivity index (χ1v) is 12.5. The zero-order valence-corrected chi connectivity index (χ0v) is 20.3. The molecule has 2 amide bonds. The van der Waals surface area contributed by atoms with Crippen LogP contribution in [-0.2, 0) is 14.4 Å². The number of benzene rings is 4. The lowest BCUT2D eigenvalue weighted by Gasteiger charge is -2.38. The molecule has 2 aliphatic heterocycles. The molecule has 0 aromatic heterocycles.